The number of hydrogen-bond donors (Lipinski definition) is 1. The zero-order valence-electron chi connectivity index (χ0n) is 13.9. The number of benzene rings is 1. The van der Waals surface area contributed by atoms with Gasteiger partial charge in [-0.05, 0) is 37.6 Å². The molecule has 3 aromatic heterocycles. The highest BCUT2D eigenvalue weighted by Crippen LogP contribution is 2.41. The molecule has 0 aliphatic carbocycles. The fourth-order valence-electron chi connectivity index (χ4n) is 2.79. The number of rotatable bonds is 3. The van der Waals surface area contributed by atoms with Crippen LogP contribution in [0.4, 0.5) is 11.4 Å². The van der Waals surface area contributed by atoms with Crippen molar-refractivity contribution in [3.05, 3.63) is 51.7 Å². The van der Waals surface area contributed by atoms with E-state index in [4.69, 9.17) is 10.2 Å². The molecule has 0 bridgehead atoms. The minimum atomic E-state index is -0.460. The first kappa shape index (κ1) is 16.2. The van der Waals surface area contributed by atoms with Crippen LogP contribution in [0.1, 0.15) is 11.3 Å². The third kappa shape index (κ3) is 2.58. The summed E-state index contributed by atoms with van der Waals surface area (Å²) < 4.78 is 5.75. The summed E-state index contributed by atoms with van der Waals surface area (Å²) in [5, 5.41) is 19.8. The van der Waals surface area contributed by atoms with E-state index in [0.717, 1.165) is 21.5 Å². The number of nitro groups is 1. The summed E-state index contributed by atoms with van der Waals surface area (Å²) in [5.74, 6) is 0.573. The summed E-state index contributed by atoms with van der Waals surface area (Å²) in [7, 11) is 0. The number of nitrogen functional groups attached to an aromatic ring is 1. The number of pyridine rings is 1. The van der Waals surface area contributed by atoms with E-state index in [2.05, 4.69) is 15.2 Å². The molecule has 0 fully saturated rings. The number of non-ortho nitro benzene ring substituents is 1. The van der Waals surface area contributed by atoms with E-state index in [-0.39, 0.29) is 11.6 Å². The molecule has 0 aliphatic rings. The second-order valence-corrected chi connectivity index (χ2v) is 6.82. The summed E-state index contributed by atoms with van der Waals surface area (Å²) in [4.78, 5) is 16.3. The van der Waals surface area contributed by atoms with Gasteiger partial charge < -0.3 is 10.2 Å². The Morgan fingerprint density at radius 1 is 1.15 bits per heavy atom. The number of hydrogen-bond acceptors (Lipinski definition) is 8. The van der Waals surface area contributed by atoms with Crippen LogP contribution in [-0.4, -0.2) is 20.1 Å². The van der Waals surface area contributed by atoms with Crippen molar-refractivity contribution in [3.8, 4) is 22.2 Å². The van der Waals surface area contributed by atoms with Gasteiger partial charge in [-0.15, -0.1) is 21.5 Å². The van der Waals surface area contributed by atoms with E-state index >= 15 is 0 Å². The highest BCUT2D eigenvalue weighted by atomic mass is 32.1. The lowest BCUT2D eigenvalue weighted by atomic mass is 10.1. The van der Waals surface area contributed by atoms with Gasteiger partial charge in [-0.2, -0.15) is 0 Å². The third-order valence-corrected chi connectivity index (χ3v) is 5.06. The third-order valence-electron chi connectivity index (χ3n) is 3.97. The molecule has 0 aliphatic heterocycles. The van der Waals surface area contributed by atoms with Gasteiger partial charge in [-0.1, -0.05) is 0 Å². The van der Waals surface area contributed by atoms with Crippen LogP contribution in [-0.2, 0) is 0 Å². The summed E-state index contributed by atoms with van der Waals surface area (Å²) in [5.41, 5.74) is 9.41. The van der Waals surface area contributed by atoms with Crippen molar-refractivity contribution in [3.63, 3.8) is 0 Å². The summed E-state index contributed by atoms with van der Waals surface area (Å²) in [6, 6.07) is 7.90. The van der Waals surface area contributed by atoms with E-state index in [1.807, 2.05) is 19.9 Å². The van der Waals surface area contributed by atoms with Gasteiger partial charge >= 0.3 is 0 Å². The predicted molar refractivity (Wildman–Crippen MR) is 98.9 cm³/mol. The summed E-state index contributed by atoms with van der Waals surface area (Å²) >= 11 is 1.40. The fraction of sp³-hybridized carbons (Fsp3) is 0.118. The zero-order chi connectivity index (χ0) is 18.4. The molecule has 4 rings (SSSR count). The van der Waals surface area contributed by atoms with Crippen molar-refractivity contribution in [1.82, 2.24) is 15.2 Å². The van der Waals surface area contributed by atoms with Gasteiger partial charge in [-0.3, -0.25) is 10.1 Å². The summed E-state index contributed by atoms with van der Waals surface area (Å²) in [6.07, 6.45) is 0. The first-order valence-corrected chi connectivity index (χ1v) is 8.50. The van der Waals surface area contributed by atoms with Crippen LogP contribution in [0.2, 0.25) is 0 Å². The number of aryl methyl sites for hydroxylation is 2. The van der Waals surface area contributed by atoms with E-state index in [9.17, 15) is 10.1 Å². The Morgan fingerprint density at radius 2 is 1.85 bits per heavy atom. The predicted octanol–water partition coefficient (Wildman–Crippen LogP) is 4.12. The van der Waals surface area contributed by atoms with Crippen LogP contribution in [0.3, 0.4) is 0 Å². The average Bonchev–Trinajstić information content (AvgIpc) is 3.20. The molecule has 9 heteroatoms. The van der Waals surface area contributed by atoms with Crippen molar-refractivity contribution < 1.29 is 9.34 Å². The van der Waals surface area contributed by atoms with Crippen molar-refractivity contribution in [2.24, 2.45) is 0 Å². The molecule has 130 valence electrons. The molecular formula is C17H13N5O3S. The van der Waals surface area contributed by atoms with Crippen molar-refractivity contribution in [2.45, 2.75) is 13.8 Å². The Balaban J connectivity index is 1.76. The maximum atomic E-state index is 10.7. The van der Waals surface area contributed by atoms with Crippen LogP contribution in [0.5, 0.6) is 0 Å². The van der Waals surface area contributed by atoms with Crippen molar-refractivity contribution >= 4 is 32.9 Å². The highest BCUT2D eigenvalue weighted by Gasteiger charge is 2.20. The molecule has 3 heterocycles. The molecule has 8 nitrogen and oxygen atoms in total. The van der Waals surface area contributed by atoms with Crippen LogP contribution >= 0.6 is 11.3 Å². The molecule has 2 N–H and O–H groups in total. The Bertz CT molecular complexity index is 1150. The minimum Gasteiger partial charge on any atom is -0.415 e. The van der Waals surface area contributed by atoms with E-state index in [1.165, 1.54) is 23.5 Å². The molecule has 0 atom stereocenters. The zero-order valence-corrected chi connectivity index (χ0v) is 14.7. The molecule has 1 aromatic carbocycles. The quantitative estimate of drug-likeness (QED) is 0.427. The van der Waals surface area contributed by atoms with E-state index in [1.54, 1.807) is 12.1 Å². The molecule has 0 saturated heterocycles. The monoisotopic (exact) mass is 367 g/mol. The Labute approximate surface area is 151 Å². The fourth-order valence-corrected chi connectivity index (χ4v) is 3.92. The Kier molecular flexibility index (Phi) is 3.66. The number of nitro benzene ring substituents is 1. The van der Waals surface area contributed by atoms with Crippen LogP contribution in [0, 0.1) is 24.0 Å². The topological polar surface area (TPSA) is 121 Å². The van der Waals surface area contributed by atoms with Gasteiger partial charge in [0.2, 0.25) is 5.89 Å². The normalized spacial score (nSPS) is 11.2. The second kappa shape index (κ2) is 5.88. The van der Waals surface area contributed by atoms with Gasteiger partial charge in [0, 0.05) is 28.8 Å². The molecule has 0 unspecified atom stereocenters. The van der Waals surface area contributed by atoms with Gasteiger partial charge in [0.25, 0.3) is 11.6 Å². The molecule has 0 radical (unpaired) electrons. The molecule has 0 amide bonds. The lowest BCUT2D eigenvalue weighted by molar-refractivity contribution is -0.384. The SMILES string of the molecule is Cc1cc(C)c2c(N)c(-c3nnc(-c4ccc([N+](=O)[O-])cc4)o3)sc2n1. The van der Waals surface area contributed by atoms with Gasteiger partial charge in [0.15, 0.2) is 0 Å². The Morgan fingerprint density at radius 3 is 2.54 bits per heavy atom. The van der Waals surface area contributed by atoms with E-state index in [0.29, 0.717) is 22.0 Å². The van der Waals surface area contributed by atoms with Crippen LogP contribution < -0.4 is 5.73 Å². The number of fused-ring (bicyclic) bond motifs is 1. The average molecular weight is 367 g/mol. The summed E-state index contributed by atoms with van der Waals surface area (Å²) in [6.45, 7) is 3.92. The first-order valence-electron chi connectivity index (χ1n) is 7.69. The number of nitrogens with two attached hydrogens (primary N) is 1. The van der Waals surface area contributed by atoms with Gasteiger partial charge in [0.05, 0.1) is 10.6 Å². The lowest BCUT2D eigenvalue weighted by Gasteiger charge is -1.99. The number of nitrogens with zero attached hydrogens (tertiary/aromatic N) is 4. The van der Waals surface area contributed by atoms with Crippen LogP contribution in [0.25, 0.3) is 32.4 Å². The van der Waals surface area contributed by atoms with E-state index < -0.39 is 4.92 Å². The Hall–Kier alpha value is -3.33. The maximum absolute atomic E-state index is 10.7. The van der Waals surface area contributed by atoms with Gasteiger partial charge in [-0.25, -0.2) is 4.98 Å². The standard InChI is InChI=1S/C17H13N5O3S/c1-8-7-9(2)19-17-12(8)13(18)14(26-17)16-21-20-15(25-16)10-3-5-11(6-4-10)22(23)24/h3-7H,18H2,1-2H3. The van der Waals surface area contributed by atoms with Crippen molar-refractivity contribution in [2.75, 3.05) is 5.73 Å². The van der Waals surface area contributed by atoms with Crippen molar-refractivity contribution in [1.29, 1.82) is 0 Å². The number of thiophene rings is 1. The molecule has 0 spiro atoms. The maximum Gasteiger partial charge on any atom is 0.269 e. The molecule has 26 heavy (non-hydrogen) atoms. The van der Waals surface area contributed by atoms with Gasteiger partial charge in [0.1, 0.15) is 9.71 Å². The van der Waals surface area contributed by atoms with Crippen LogP contribution in [0.15, 0.2) is 34.7 Å². The lowest BCUT2D eigenvalue weighted by Crippen LogP contribution is -1.89. The second-order valence-electron chi connectivity index (χ2n) is 5.82. The largest absolute Gasteiger partial charge is 0.415 e. The molecule has 0 saturated carbocycles. The number of anilines is 1. The molecule has 4 aromatic rings. The number of aromatic nitrogens is 3. The smallest absolute Gasteiger partial charge is 0.269 e. The first-order chi connectivity index (χ1) is 12.4. The highest BCUT2D eigenvalue weighted by molar-refractivity contribution is 7.22. The molecular weight excluding hydrogens is 354 g/mol. The minimum absolute atomic E-state index is 0.000779.